The quantitative estimate of drug-likeness (QED) is 0.646. The molecule has 0 unspecified atom stereocenters. The summed E-state index contributed by atoms with van der Waals surface area (Å²) in [6.07, 6.45) is 0. The molecule has 24 heavy (non-hydrogen) atoms. The van der Waals surface area contributed by atoms with Crippen LogP contribution < -0.4 is 0 Å². The van der Waals surface area contributed by atoms with Gasteiger partial charge in [0, 0.05) is 16.1 Å². The molecule has 1 heterocycles. The third-order valence-electron chi connectivity index (χ3n) is 3.59. The van der Waals surface area contributed by atoms with Gasteiger partial charge in [0.25, 0.3) is 19.1 Å². The van der Waals surface area contributed by atoms with E-state index in [0.29, 0.717) is 14.9 Å². The van der Waals surface area contributed by atoms with E-state index in [9.17, 15) is 21.2 Å². The van der Waals surface area contributed by atoms with Crippen LogP contribution in [0.5, 0.6) is 0 Å². The Morgan fingerprint density at radius 3 is 2.29 bits per heavy atom. The minimum Gasteiger partial charge on any atom is -0.221 e. The van der Waals surface area contributed by atoms with Crippen molar-refractivity contribution in [3.05, 3.63) is 59.9 Å². The molecule has 5 nitrogen and oxygen atoms in total. The molecule has 0 spiro atoms. The van der Waals surface area contributed by atoms with Gasteiger partial charge in [0.05, 0.1) is 5.52 Å². The number of halogens is 2. The Hall–Kier alpha value is -1.90. The van der Waals surface area contributed by atoms with Crippen molar-refractivity contribution in [2.75, 3.05) is 0 Å². The highest BCUT2D eigenvalue weighted by atomic mass is 35.7. The largest absolute Gasteiger partial charge is 0.277 e. The summed E-state index contributed by atoms with van der Waals surface area (Å²) in [6, 6.07) is 10.6. The average Bonchev–Trinajstić information content (AvgIpc) is 2.89. The van der Waals surface area contributed by atoms with Gasteiger partial charge in [-0.1, -0.05) is 24.3 Å². The van der Waals surface area contributed by atoms with E-state index in [1.165, 1.54) is 24.3 Å². The van der Waals surface area contributed by atoms with Crippen LogP contribution in [0.15, 0.2) is 58.5 Å². The van der Waals surface area contributed by atoms with Crippen LogP contribution in [0.25, 0.3) is 10.9 Å². The molecule has 0 aliphatic rings. The third-order valence-corrected chi connectivity index (χ3v) is 6.74. The number of hydrogen-bond acceptors (Lipinski definition) is 4. The summed E-state index contributed by atoms with van der Waals surface area (Å²) in [5.74, 6) is -0.982. The molecule has 0 amide bonds. The summed E-state index contributed by atoms with van der Waals surface area (Å²) in [5.41, 5.74) is 0.772. The maximum atomic E-state index is 14.0. The second-order valence-corrected chi connectivity index (χ2v) is 9.40. The summed E-state index contributed by atoms with van der Waals surface area (Å²) in [7, 11) is -3.47. The molecule has 0 saturated heterocycles. The van der Waals surface area contributed by atoms with Crippen molar-refractivity contribution in [1.82, 2.24) is 3.97 Å². The van der Waals surface area contributed by atoms with Gasteiger partial charge in [0.1, 0.15) is 10.7 Å². The Morgan fingerprint density at radius 1 is 1.00 bits per heavy atom. The van der Waals surface area contributed by atoms with Crippen LogP contribution in [-0.2, 0) is 19.1 Å². The number of rotatable bonds is 3. The molecule has 0 aliphatic heterocycles. The Kier molecular flexibility index (Phi) is 3.94. The van der Waals surface area contributed by atoms with E-state index in [1.54, 1.807) is 19.1 Å². The molecule has 2 aromatic carbocycles. The van der Waals surface area contributed by atoms with Crippen molar-refractivity contribution in [3.8, 4) is 0 Å². The highest BCUT2D eigenvalue weighted by Crippen LogP contribution is 2.32. The SMILES string of the molecule is Cc1cccc2c1cc(S(=O)(=O)Cl)n2S(=O)(=O)c1ccccc1F. The molecule has 0 bridgehead atoms. The number of aryl methyl sites for hydroxylation is 1. The maximum Gasteiger partial charge on any atom is 0.277 e. The minimum absolute atomic E-state index is 0.109. The van der Waals surface area contributed by atoms with Gasteiger partial charge >= 0.3 is 0 Å². The van der Waals surface area contributed by atoms with Gasteiger partial charge in [0.2, 0.25) is 0 Å². The Morgan fingerprint density at radius 2 is 1.67 bits per heavy atom. The number of fused-ring (bicyclic) bond motifs is 1. The lowest BCUT2D eigenvalue weighted by Crippen LogP contribution is -2.17. The number of benzene rings is 2. The monoisotopic (exact) mass is 387 g/mol. The molecule has 3 rings (SSSR count). The van der Waals surface area contributed by atoms with Crippen LogP contribution in [-0.4, -0.2) is 20.8 Å². The van der Waals surface area contributed by atoms with Crippen molar-refractivity contribution in [3.63, 3.8) is 0 Å². The summed E-state index contributed by atoms with van der Waals surface area (Å²) in [5, 5.41) is -0.228. The van der Waals surface area contributed by atoms with Crippen LogP contribution in [0.2, 0.25) is 0 Å². The van der Waals surface area contributed by atoms with Crippen LogP contribution in [0, 0.1) is 12.7 Å². The first kappa shape index (κ1) is 16.9. The number of hydrogen-bond donors (Lipinski definition) is 0. The van der Waals surface area contributed by atoms with E-state index in [-0.39, 0.29) is 5.52 Å². The van der Waals surface area contributed by atoms with Gasteiger partial charge in [-0.3, -0.25) is 0 Å². The van der Waals surface area contributed by atoms with Crippen molar-refractivity contribution >= 4 is 40.7 Å². The van der Waals surface area contributed by atoms with Crippen LogP contribution in [0.1, 0.15) is 5.56 Å². The highest BCUT2D eigenvalue weighted by molar-refractivity contribution is 8.14. The van der Waals surface area contributed by atoms with E-state index in [4.69, 9.17) is 10.7 Å². The van der Waals surface area contributed by atoms with Crippen LogP contribution in [0.3, 0.4) is 0 Å². The smallest absolute Gasteiger partial charge is 0.221 e. The van der Waals surface area contributed by atoms with Crippen LogP contribution >= 0.6 is 10.7 Å². The second-order valence-electron chi connectivity index (χ2n) is 5.13. The van der Waals surface area contributed by atoms with Gasteiger partial charge in [-0.25, -0.2) is 25.2 Å². The molecule has 0 atom stereocenters. The molecule has 9 heteroatoms. The number of nitrogens with zero attached hydrogens (tertiary/aromatic N) is 1. The predicted octanol–water partition coefficient (Wildman–Crippen LogP) is 3.25. The lowest BCUT2D eigenvalue weighted by Gasteiger charge is -2.11. The van der Waals surface area contributed by atoms with Gasteiger partial charge < -0.3 is 0 Å². The van der Waals surface area contributed by atoms with Gasteiger partial charge in [-0.15, -0.1) is 0 Å². The molecule has 0 saturated carbocycles. The summed E-state index contributed by atoms with van der Waals surface area (Å²) < 4.78 is 64.2. The molecule has 0 fully saturated rings. The molecule has 126 valence electrons. The van der Waals surface area contributed by atoms with E-state index in [1.807, 2.05) is 0 Å². The number of aromatic nitrogens is 1. The lowest BCUT2D eigenvalue weighted by molar-refractivity contribution is 0.556. The van der Waals surface area contributed by atoms with E-state index < -0.39 is 34.8 Å². The first-order valence-electron chi connectivity index (χ1n) is 6.70. The Balaban J connectivity index is 2.50. The maximum absolute atomic E-state index is 14.0. The van der Waals surface area contributed by atoms with E-state index in [2.05, 4.69) is 0 Å². The fourth-order valence-electron chi connectivity index (χ4n) is 2.50. The third kappa shape index (κ3) is 2.60. The first-order chi connectivity index (χ1) is 11.1. The normalized spacial score (nSPS) is 12.6. The Labute approximate surface area is 142 Å². The summed E-state index contributed by atoms with van der Waals surface area (Å²) in [6.45, 7) is 1.70. The zero-order chi connectivity index (χ0) is 17.7. The van der Waals surface area contributed by atoms with Gasteiger partial charge in [-0.2, -0.15) is 0 Å². The van der Waals surface area contributed by atoms with Crippen molar-refractivity contribution in [2.24, 2.45) is 0 Å². The van der Waals surface area contributed by atoms with Gasteiger partial charge in [0.15, 0.2) is 5.03 Å². The van der Waals surface area contributed by atoms with E-state index in [0.717, 1.165) is 12.1 Å². The molecule has 0 radical (unpaired) electrons. The zero-order valence-electron chi connectivity index (χ0n) is 12.3. The fraction of sp³-hybridized carbons (Fsp3) is 0.0667. The van der Waals surface area contributed by atoms with Crippen molar-refractivity contribution < 1.29 is 21.2 Å². The van der Waals surface area contributed by atoms with Crippen molar-refractivity contribution in [2.45, 2.75) is 16.8 Å². The zero-order valence-corrected chi connectivity index (χ0v) is 14.7. The fourth-order valence-corrected chi connectivity index (χ4v) is 5.58. The van der Waals surface area contributed by atoms with Crippen LogP contribution in [0.4, 0.5) is 4.39 Å². The molecule has 1 aromatic heterocycles. The topological polar surface area (TPSA) is 73.2 Å². The average molecular weight is 388 g/mol. The van der Waals surface area contributed by atoms with Gasteiger partial charge in [-0.05, 0) is 36.8 Å². The lowest BCUT2D eigenvalue weighted by atomic mass is 10.1. The Bertz CT molecular complexity index is 1170. The standard InChI is InChI=1S/C15H11ClFNO4S2/c1-10-5-4-7-13-11(10)9-15(23(16,19)20)18(13)24(21,22)14-8-3-2-6-12(14)17/h2-9H,1H3. The molecular formula is C15H11ClFNO4S2. The van der Waals surface area contributed by atoms with E-state index >= 15 is 0 Å². The highest BCUT2D eigenvalue weighted by Gasteiger charge is 2.30. The molecule has 3 aromatic rings. The molecular weight excluding hydrogens is 377 g/mol. The predicted molar refractivity (Wildman–Crippen MR) is 88.7 cm³/mol. The minimum atomic E-state index is -4.51. The summed E-state index contributed by atoms with van der Waals surface area (Å²) >= 11 is 0. The summed E-state index contributed by atoms with van der Waals surface area (Å²) in [4.78, 5) is -0.634. The first-order valence-corrected chi connectivity index (χ1v) is 10.4. The molecule has 0 N–H and O–H groups in total. The molecule has 0 aliphatic carbocycles. The van der Waals surface area contributed by atoms with Crippen molar-refractivity contribution in [1.29, 1.82) is 0 Å². The second kappa shape index (κ2) is 5.58.